The molecule has 1 aromatic carbocycles. The maximum absolute atomic E-state index is 8.84. The summed E-state index contributed by atoms with van der Waals surface area (Å²) in [5, 5.41) is 8.84. The molecule has 2 atom stereocenters. The van der Waals surface area contributed by atoms with Gasteiger partial charge in [-0.1, -0.05) is 30.1 Å². The number of pyridine rings is 2. The van der Waals surface area contributed by atoms with Crippen molar-refractivity contribution in [3.63, 3.8) is 0 Å². The Morgan fingerprint density at radius 2 is 2.03 bits per heavy atom. The third kappa shape index (κ3) is 4.21. The molecular formula is C27H29N4P. The highest BCUT2D eigenvalue weighted by atomic mass is 31.0. The van der Waals surface area contributed by atoms with E-state index < -0.39 is 0 Å². The fraction of sp³-hybridized carbons (Fsp3) is 0.222. The van der Waals surface area contributed by atoms with Crippen LogP contribution in [0, 0.1) is 19.3 Å². The van der Waals surface area contributed by atoms with Gasteiger partial charge in [0.1, 0.15) is 0 Å². The standard InChI is InChI=1S/C27H29N4P/c1-4-6-21-16(2)11-19(23(15-32)26(29)25-8-5-7-17(3)31-25)13-22(21)20-12-18-9-10-24(28)27(18)30-14-20/h4-8,11-15,24,29H,9-10,28,32H2,1-3H3/b6-4-,23-15-,29-26?. The van der Waals surface area contributed by atoms with Crippen LogP contribution in [-0.4, -0.2) is 15.7 Å². The zero-order valence-corrected chi connectivity index (χ0v) is 20.0. The molecule has 3 aromatic rings. The van der Waals surface area contributed by atoms with Crippen molar-refractivity contribution >= 4 is 26.6 Å². The molecule has 4 nitrogen and oxygen atoms in total. The van der Waals surface area contributed by atoms with Crippen molar-refractivity contribution in [3.8, 4) is 11.1 Å². The van der Waals surface area contributed by atoms with E-state index in [4.69, 9.17) is 16.1 Å². The number of fused-ring (bicyclic) bond motifs is 1. The highest BCUT2D eigenvalue weighted by Crippen LogP contribution is 2.36. The molecule has 32 heavy (non-hydrogen) atoms. The number of hydrogen-bond donors (Lipinski definition) is 2. The Morgan fingerprint density at radius 1 is 1.22 bits per heavy atom. The zero-order valence-electron chi connectivity index (χ0n) is 18.8. The van der Waals surface area contributed by atoms with Gasteiger partial charge in [0.15, 0.2) is 0 Å². The summed E-state index contributed by atoms with van der Waals surface area (Å²) in [6.45, 7) is 6.10. The van der Waals surface area contributed by atoms with Crippen LogP contribution in [0.3, 0.4) is 0 Å². The first kappa shape index (κ1) is 22.3. The van der Waals surface area contributed by atoms with Crippen LogP contribution in [0.5, 0.6) is 0 Å². The minimum atomic E-state index is 0.0380. The summed E-state index contributed by atoms with van der Waals surface area (Å²) in [6.07, 6.45) is 8.06. The van der Waals surface area contributed by atoms with Crippen LogP contribution in [0.15, 0.2) is 54.5 Å². The molecule has 3 N–H and O–H groups in total. The van der Waals surface area contributed by atoms with Gasteiger partial charge in [0.25, 0.3) is 0 Å². The first-order chi connectivity index (χ1) is 15.4. The Balaban J connectivity index is 1.85. The van der Waals surface area contributed by atoms with Crippen molar-refractivity contribution in [2.75, 3.05) is 0 Å². The van der Waals surface area contributed by atoms with Gasteiger partial charge in [-0.15, -0.1) is 9.24 Å². The third-order valence-corrected chi connectivity index (χ3v) is 6.33. The van der Waals surface area contributed by atoms with Crippen LogP contribution < -0.4 is 5.73 Å². The predicted molar refractivity (Wildman–Crippen MR) is 138 cm³/mol. The van der Waals surface area contributed by atoms with Gasteiger partial charge in [-0.3, -0.25) is 15.4 Å². The summed E-state index contributed by atoms with van der Waals surface area (Å²) < 4.78 is 0. The molecule has 0 bridgehead atoms. The van der Waals surface area contributed by atoms with Crippen LogP contribution in [0.2, 0.25) is 0 Å². The van der Waals surface area contributed by atoms with Crippen LogP contribution in [0.1, 0.15) is 58.7 Å². The van der Waals surface area contributed by atoms with E-state index in [1.165, 1.54) is 11.1 Å². The van der Waals surface area contributed by atoms with Crippen molar-refractivity contribution in [3.05, 3.63) is 93.8 Å². The second kappa shape index (κ2) is 9.28. The minimum Gasteiger partial charge on any atom is -0.323 e. The molecule has 2 heterocycles. The molecule has 5 heteroatoms. The Hall–Kier alpha value is -2.94. The van der Waals surface area contributed by atoms with Crippen LogP contribution >= 0.6 is 9.24 Å². The molecule has 0 amide bonds. The van der Waals surface area contributed by atoms with Gasteiger partial charge in [-0.05, 0) is 85.7 Å². The minimum absolute atomic E-state index is 0.0380. The summed E-state index contributed by atoms with van der Waals surface area (Å²) in [6, 6.07) is 12.4. The van der Waals surface area contributed by atoms with Gasteiger partial charge in [0, 0.05) is 29.1 Å². The first-order valence-corrected chi connectivity index (χ1v) is 11.6. The summed E-state index contributed by atoms with van der Waals surface area (Å²) >= 11 is 0. The summed E-state index contributed by atoms with van der Waals surface area (Å²) in [5.74, 6) is 1.92. The molecule has 0 spiro atoms. The molecule has 0 aliphatic heterocycles. The van der Waals surface area contributed by atoms with Gasteiger partial charge in [-0.25, -0.2) is 0 Å². The predicted octanol–water partition coefficient (Wildman–Crippen LogP) is 6.02. The Kier molecular flexibility index (Phi) is 6.45. The lowest BCUT2D eigenvalue weighted by Gasteiger charge is -2.16. The SMILES string of the molecule is C/C=C\c1c(C)cc(/C(=C/P)C(=N)c2cccc(C)n2)cc1-c1cnc2c(c1)CCC2N. The fourth-order valence-electron chi connectivity index (χ4n) is 4.37. The second-order valence-corrected chi connectivity index (χ2v) is 8.62. The number of aromatic nitrogens is 2. The molecule has 0 radical (unpaired) electrons. The number of allylic oxidation sites excluding steroid dienone is 2. The Bertz CT molecular complexity index is 1260. The van der Waals surface area contributed by atoms with E-state index in [-0.39, 0.29) is 6.04 Å². The van der Waals surface area contributed by atoms with Crippen molar-refractivity contribution in [1.29, 1.82) is 5.41 Å². The van der Waals surface area contributed by atoms with Crippen molar-refractivity contribution in [2.24, 2.45) is 5.73 Å². The number of aryl methyl sites for hydroxylation is 3. The van der Waals surface area contributed by atoms with Crippen LogP contribution in [0.4, 0.5) is 0 Å². The normalized spacial score (nSPS) is 15.9. The van der Waals surface area contributed by atoms with Crippen molar-refractivity contribution < 1.29 is 0 Å². The summed E-state index contributed by atoms with van der Waals surface area (Å²) in [5.41, 5.74) is 16.8. The summed E-state index contributed by atoms with van der Waals surface area (Å²) in [7, 11) is 2.66. The number of hydrogen-bond acceptors (Lipinski definition) is 4. The van der Waals surface area contributed by atoms with E-state index in [9.17, 15) is 0 Å². The molecule has 4 rings (SSSR count). The van der Waals surface area contributed by atoms with Gasteiger partial charge < -0.3 is 5.73 Å². The topological polar surface area (TPSA) is 75.7 Å². The molecule has 1 aliphatic carbocycles. The van der Waals surface area contributed by atoms with E-state index in [2.05, 4.69) is 51.5 Å². The third-order valence-electron chi connectivity index (χ3n) is 6.00. The molecule has 0 saturated heterocycles. The first-order valence-electron chi connectivity index (χ1n) is 10.9. The molecule has 0 fully saturated rings. The highest BCUT2D eigenvalue weighted by Gasteiger charge is 2.22. The average Bonchev–Trinajstić information content (AvgIpc) is 3.16. The largest absolute Gasteiger partial charge is 0.323 e. The van der Waals surface area contributed by atoms with Crippen molar-refractivity contribution in [1.82, 2.24) is 9.97 Å². The zero-order chi connectivity index (χ0) is 22.8. The second-order valence-electron chi connectivity index (χ2n) is 8.29. The molecule has 162 valence electrons. The van der Waals surface area contributed by atoms with E-state index in [0.717, 1.165) is 52.1 Å². The highest BCUT2D eigenvalue weighted by molar-refractivity contribution is 7.21. The van der Waals surface area contributed by atoms with Crippen molar-refractivity contribution in [2.45, 2.75) is 39.7 Å². The lowest BCUT2D eigenvalue weighted by atomic mass is 9.89. The van der Waals surface area contributed by atoms with Gasteiger partial charge >= 0.3 is 0 Å². The maximum Gasteiger partial charge on any atom is 0.0888 e. The lowest BCUT2D eigenvalue weighted by Crippen LogP contribution is -2.07. The molecule has 2 unspecified atom stereocenters. The average molecular weight is 441 g/mol. The lowest BCUT2D eigenvalue weighted by molar-refractivity contribution is 0.698. The monoisotopic (exact) mass is 440 g/mol. The maximum atomic E-state index is 8.84. The smallest absolute Gasteiger partial charge is 0.0888 e. The molecule has 2 aromatic heterocycles. The Morgan fingerprint density at radius 3 is 2.75 bits per heavy atom. The number of rotatable bonds is 5. The number of nitrogens with one attached hydrogen (secondary N) is 1. The molecule has 0 saturated carbocycles. The van der Waals surface area contributed by atoms with Gasteiger partial charge in [0.2, 0.25) is 0 Å². The van der Waals surface area contributed by atoms with Crippen LogP contribution in [0.25, 0.3) is 22.8 Å². The molecule has 1 aliphatic rings. The van der Waals surface area contributed by atoms with E-state index in [1.807, 2.05) is 44.1 Å². The molecular weight excluding hydrogens is 411 g/mol. The van der Waals surface area contributed by atoms with E-state index in [0.29, 0.717) is 11.4 Å². The Labute approximate surface area is 192 Å². The van der Waals surface area contributed by atoms with Gasteiger partial charge in [-0.2, -0.15) is 0 Å². The van der Waals surface area contributed by atoms with E-state index >= 15 is 0 Å². The van der Waals surface area contributed by atoms with Gasteiger partial charge in [0.05, 0.1) is 17.1 Å². The van der Waals surface area contributed by atoms with E-state index in [1.54, 1.807) is 0 Å². The number of nitrogens with zero attached hydrogens (tertiary/aromatic N) is 2. The quantitative estimate of drug-likeness (QED) is 0.376. The fourth-order valence-corrected chi connectivity index (χ4v) is 4.73. The number of nitrogens with two attached hydrogens (primary N) is 1. The van der Waals surface area contributed by atoms with Crippen LogP contribution in [-0.2, 0) is 6.42 Å². The number of benzene rings is 1. The summed E-state index contributed by atoms with van der Waals surface area (Å²) in [4.78, 5) is 9.27.